The first-order chi connectivity index (χ1) is 12.3. The summed E-state index contributed by atoms with van der Waals surface area (Å²) < 4.78 is 40.3. The minimum absolute atomic E-state index is 0.0934. The topological polar surface area (TPSA) is 42.2 Å². The first kappa shape index (κ1) is 18.0. The largest absolute Gasteiger partial charge is 0.416 e. The Morgan fingerprint density at radius 3 is 2.50 bits per heavy atom. The number of hydrazone groups is 1. The molecule has 0 amide bonds. The Labute approximate surface area is 152 Å². The molecule has 1 heterocycles. The highest BCUT2D eigenvalue weighted by Crippen LogP contribution is 2.33. The van der Waals surface area contributed by atoms with E-state index in [1.807, 2.05) is 35.0 Å². The van der Waals surface area contributed by atoms with E-state index in [1.165, 1.54) is 6.07 Å². The van der Waals surface area contributed by atoms with Crippen molar-refractivity contribution in [1.82, 2.24) is 9.55 Å². The number of anilines is 1. The van der Waals surface area contributed by atoms with Gasteiger partial charge in [0, 0.05) is 18.1 Å². The van der Waals surface area contributed by atoms with Crippen LogP contribution in [0.2, 0.25) is 5.02 Å². The number of nitrogens with zero attached hydrogens (tertiary/aromatic N) is 3. The molecule has 0 unspecified atom stereocenters. The second-order valence-electron chi connectivity index (χ2n) is 5.52. The maximum atomic E-state index is 12.8. The van der Waals surface area contributed by atoms with E-state index in [2.05, 4.69) is 15.5 Å². The predicted octanol–water partition coefficient (Wildman–Crippen LogP) is 5.38. The molecule has 3 aromatic rings. The molecular weight excluding hydrogens is 365 g/mol. The molecule has 0 radical (unpaired) electrons. The molecule has 0 aliphatic rings. The molecule has 0 aliphatic carbocycles. The fourth-order valence-electron chi connectivity index (χ4n) is 2.28. The number of nitrogens with one attached hydrogen (secondary N) is 1. The van der Waals surface area contributed by atoms with Crippen molar-refractivity contribution in [3.8, 4) is 5.69 Å². The standard InChI is InChI=1S/C18H14ClF3N4/c1-12(13-2-5-15(6-3-13)26-9-8-23-11-26)24-25-17-10-14(18(20,21)22)4-7-16(17)19/h2-11,25H,1H3. The fraction of sp³-hybridized carbons (Fsp3) is 0.111. The highest BCUT2D eigenvalue weighted by atomic mass is 35.5. The lowest BCUT2D eigenvalue weighted by Crippen LogP contribution is -2.06. The van der Waals surface area contributed by atoms with Crippen LogP contribution in [0, 0.1) is 0 Å². The molecular formula is C18H14ClF3N4. The first-order valence-corrected chi connectivity index (χ1v) is 7.98. The Bertz CT molecular complexity index is 917. The summed E-state index contributed by atoms with van der Waals surface area (Å²) in [6.45, 7) is 1.75. The average molecular weight is 379 g/mol. The van der Waals surface area contributed by atoms with Gasteiger partial charge in [0.1, 0.15) is 0 Å². The van der Waals surface area contributed by atoms with E-state index in [1.54, 1.807) is 19.4 Å². The van der Waals surface area contributed by atoms with Crippen molar-refractivity contribution in [2.45, 2.75) is 13.1 Å². The molecule has 134 valence electrons. The third-order valence-corrected chi connectivity index (χ3v) is 4.05. The molecule has 0 atom stereocenters. The van der Waals surface area contributed by atoms with Crippen LogP contribution in [0.25, 0.3) is 5.69 Å². The second kappa shape index (κ2) is 7.21. The van der Waals surface area contributed by atoms with Gasteiger partial charge in [0.2, 0.25) is 0 Å². The van der Waals surface area contributed by atoms with Gasteiger partial charge < -0.3 is 4.57 Å². The number of alkyl halides is 3. The number of hydrogen-bond donors (Lipinski definition) is 1. The summed E-state index contributed by atoms with van der Waals surface area (Å²) in [5.74, 6) is 0. The zero-order valence-electron chi connectivity index (χ0n) is 13.6. The van der Waals surface area contributed by atoms with E-state index in [4.69, 9.17) is 11.6 Å². The summed E-state index contributed by atoms with van der Waals surface area (Å²) in [6.07, 6.45) is 0.757. The van der Waals surface area contributed by atoms with Crippen molar-refractivity contribution in [2.75, 3.05) is 5.43 Å². The van der Waals surface area contributed by atoms with Crippen molar-refractivity contribution in [1.29, 1.82) is 0 Å². The molecule has 26 heavy (non-hydrogen) atoms. The monoisotopic (exact) mass is 378 g/mol. The SMILES string of the molecule is CC(=NNc1cc(C(F)(F)F)ccc1Cl)c1ccc(-n2ccnc2)cc1. The molecule has 0 spiro atoms. The third-order valence-electron chi connectivity index (χ3n) is 3.73. The van der Waals surface area contributed by atoms with E-state index in [0.717, 1.165) is 23.4 Å². The molecule has 2 aromatic carbocycles. The number of imidazole rings is 1. The Kier molecular flexibility index (Phi) is 4.99. The van der Waals surface area contributed by atoms with Gasteiger partial charge in [-0.05, 0) is 42.8 Å². The minimum Gasteiger partial charge on any atom is -0.306 e. The van der Waals surface area contributed by atoms with Gasteiger partial charge in [-0.1, -0.05) is 23.7 Å². The zero-order chi connectivity index (χ0) is 18.7. The molecule has 3 rings (SSSR count). The van der Waals surface area contributed by atoms with Gasteiger partial charge in [0.25, 0.3) is 0 Å². The van der Waals surface area contributed by atoms with E-state index in [0.29, 0.717) is 5.71 Å². The quantitative estimate of drug-likeness (QED) is 0.489. The molecule has 0 bridgehead atoms. The van der Waals surface area contributed by atoms with Crippen LogP contribution in [0.3, 0.4) is 0 Å². The van der Waals surface area contributed by atoms with E-state index in [-0.39, 0.29) is 10.7 Å². The van der Waals surface area contributed by atoms with Crippen molar-refractivity contribution in [3.05, 3.63) is 77.3 Å². The van der Waals surface area contributed by atoms with Crippen LogP contribution in [0.15, 0.2) is 66.3 Å². The smallest absolute Gasteiger partial charge is 0.306 e. The van der Waals surface area contributed by atoms with E-state index < -0.39 is 11.7 Å². The number of rotatable bonds is 4. The number of benzene rings is 2. The number of halogens is 4. The van der Waals surface area contributed by atoms with Crippen molar-refractivity contribution in [3.63, 3.8) is 0 Å². The molecule has 8 heteroatoms. The summed E-state index contributed by atoms with van der Waals surface area (Å²) in [5, 5.41) is 4.29. The first-order valence-electron chi connectivity index (χ1n) is 7.60. The van der Waals surface area contributed by atoms with Crippen LogP contribution in [-0.4, -0.2) is 15.3 Å². The normalized spacial score (nSPS) is 12.3. The molecule has 1 N–H and O–H groups in total. The lowest BCUT2D eigenvalue weighted by Gasteiger charge is -2.11. The molecule has 1 aromatic heterocycles. The summed E-state index contributed by atoms with van der Waals surface area (Å²) in [4.78, 5) is 3.99. The van der Waals surface area contributed by atoms with Crippen LogP contribution >= 0.6 is 11.6 Å². The minimum atomic E-state index is -4.44. The van der Waals surface area contributed by atoms with Crippen molar-refractivity contribution >= 4 is 23.0 Å². The third kappa shape index (κ3) is 4.05. The highest BCUT2D eigenvalue weighted by molar-refractivity contribution is 6.33. The van der Waals surface area contributed by atoms with Gasteiger partial charge in [0.15, 0.2) is 0 Å². The Hall–Kier alpha value is -2.80. The van der Waals surface area contributed by atoms with Gasteiger partial charge >= 0.3 is 6.18 Å². The molecule has 0 saturated carbocycles. The molecule has 4 nitrogen and oxygen atoms in total. The Balaban J connectivity index is 1.78. The van der Waals surface area contributed by atoms with Gasteiger partial charge in [-0.2, -0.15) is 18.3 Å². The average Bonchev–Trinajstić information content (AvgIpc) is 3.14. The summed E-state index contributed by atoms with van der Waals surface area (Å²) in [5.41, 5.74) is 4.28. The van der Waals surface area contributed by atoms with Crippen molar-refractivity contribution < 1.29 is 13.2 Å². The van der Waals surface area contributed by atoms with Crippen LogP contribution in [0.4, 0.5) is 18.9 Å². The maximum absolute atomic E-state index is 12.8. The molecule has 0 aliphatic heterocycles. The summed E-state index contributed by atoms with van der Waals surface area (Å²) >= 11 is 5.95. The van der Waals surface area contributed by atoms with Gasteiger partial charge in [-0.3, -0.25) is 5.43 Å². The fourth-order valence-corrected chi connectivity index (χ4v) is 2.44. The predicted molar refractivity (Wildman–Crippen MR) is 95.9 cm³/mol. The lowest BCUT2D eigenvalue weighted by atomic mass is 10.1. The van der Waals surface area contributed by atoms with Gasteiger partial charge in [-0.25, -0.2) is 4.98 Å². The van der Waals surface area contributed by atoms with Gasteiger partial charge in [-0.15, -0.1) is 0 Å². The number of hydrogen-bond acceptors (Lipinski definition) is 3. The molecule has 0 saturated heterocycles. The zero-order valence-corrected chi connectivity index (χ0v) is 14.4. The van der Waals surface area contributed by atoms with Crippen LogP contribution in [0.1, 0.15) is 18.1 Å². The summed E-state index contributed by atoms with van der Waals surface area (Å²) in [6, 6.07) is 10.6. The lowest BCUT2D eigenvalue weighted by molar-refractivity contribution is -0.137. The van der Waals surface area contributed by atoms with Crippen LogP contribution in [0.5, 0.6) is 0 Å². The van der Waals surface area contributed by atoms with E-state index in [9.17, 15) is 13.2 Å². The van der Waals surface area contributed by atoms with Crippen LogP contribution in [-0.2, 0) is 6.18 Å². The number of aromatic nitrogens is 2. The summed E-state index contributed by atoms with van der Waals surface area (Å²) in [7, 11) is 0. The Morgan fingerprint density at radius 1 is 1.15 bits per heavy atom. The van der Waals surface area contributed by atoms with Crippen molar-refractivity contribution in [2.24, 2.45) is 5.10 Å². The Morgan fingerprint density at radius 2 is 1.88 bits per heavy atom. The highest BCUT2D eigenvalue weighted by Gasteiger charge is 2.30. The maximum Gasteiger partial charge on any atom is 0.416 e. The second-order valence-corrected chi connectivity index (χ2v) is 5.93. The molecule has 0 fully saturated rings. The van der Waals surface area contributed by atoms with Crippen LogP contribution < -0.4 is 5.43 Å². The van der Waals surface area contributed by atoms with Gasteiger partial charge in [0.05, 0.1) is 28.3 Å². The van der Waals surface area contributed by atoms with E-state index >= 15 is 0 Å².